The zero-order chi connectivity index (χ0) is 15.7. The highest BCUT2D eigenvalue weighted by molar-refractivity contribution is 7.15. The third-order valence-corrected chi connectivity index (χ3v) is 4.48. The standard InChI is InChI=1S/C16H31N3OS/c1-6-8-9-19(7-2)16-18-14(12-20-5)15(21-16)11-17-10-13(3)4/h13,17H,6-12H2,1-5H3. The van der Waals surface area contributed by atoms with Crippen molar-refractivity contribution in [2.75, 3.05) is 31.6 Å². The maximum absolute atomic E-state index is 5.30. The summed E-state index contributed by atoms with van der Waals surface area (Å²) in [4.78, 5) is 8.48. The van der Waals surface area contributed by atoms with Crippen LogP contribution in [0.2, 0.25) is 0 Å². The molecule has 0 aliphatic heterocycles. The van der Waals surface area contributed by atoms with Gasteiger partial charge in [0.25, 0.3) is 0 Å². The van der Waals surface area contributed by atoms with Crippen LogP contribution in [0.1, 0.15) is 51.1 Å². The van der Waals surface area contributed by atoms with Gasteiger partial charge in [-0.1, -0.05) is 27.2 Å². The first kappa shape index (κ1) is 18.4. The van der Waals surface area contributed by atoms with Crippen LogP contribution in [0.3, 0.4) is 0 Å². The Bertz CT molecular complexity index is 393. The number of hydrogen-bond donors (Lipinski definition) is 1. The summed E-state index contributed by atoms with van der Waals surface area (Å²) in [5.41, 5.74) is 1.09. The summed E-state index contributed by atoms with van der Waals surface area (Å²) < 4.78 is 5.30. The predicted octanol–water partition coefficient (Wildman–Crippen LogP) is 3.66. The fourth-order valence-corrected chi connectivity index (χ4v) is 3.23. The van der Waals surface area contributed by atoms with E-state index in [1.54, 1.807) is 18.4 Å². The van der Waals surface area contributed by atoms with Gasteiger partial charge in [0.1, 0.15) is 0 Å². The highest BCUT2D eigenvalue weighted by atomic mass is 32.1. The van der Waals surface area contributed by atoms with Gasteiger partial charge in [0.05, 0.1) is 12.3 Å². The van der Waals surface area contributed by atoms with Gasteiger partial charge < -0.3 is 15.0 Å². The lowest BCUT2D eigenvalue weighted by molar-refractivity contribution is 0.181. The van der Waals surface area contributed by atoms with Crippen LogP contribution in [-0.4, -0.2) is 31.7 Å². The van der Waals surface area contributed by atoms with Crippen molar-refractivity contribution < 1.29 is 4.74 Å². The molecule has 0 aliphatic carbocycles. The van der Waals surface area contributed by atoms with E-state index in [0.717, 1.165) is 37.0 Å². The van der Waals surface area contributed by atoms with Crippen LogP contribution >= 0.6 is 11.3 Å². The van der Waals surface area contributed by atoms with Gasteiger partial charge in [-0.3, -0.25) is 0 Å². The molecular formula is C16H31N3OS. The first-order valence-electron chi connectivity index (χ1n) is 8.05. The molecule has 0 amide bonds. The van der Waals surface area contributed by atoms with E-state index in [-0.39, 0.29) is 0 Å². The quantitative estimate of drug-likeness (QED) is 0.676. The summed E-state index contributed by atoms with van der Waals surface area (Å²) in [5.74, 6) is 0.667. The molecule has 1 aromatic rings. The maximum atomic E-state index is 5.30. The molecule has 0 unspecified atom stereocenters. The van der Waals surface area contributed by atoms with Crippen LogP contribution in [0.4, 0.5) is 5.13 Å². The zero-order valence-corrected chi connectivity index (χ0v) is 15.1. The second-order valence-corrected chi connectivity index (χ2v) is 6.82. The number of ether oxygens (including phenoxy) is 1. The van der Waals surface area contributed by atoms with Gasteiger partial charge in [0, 0.05) is 31.6 Å². The molecule has 0 radical (unpaired) electrons. The molecule has 1 heterocycles. The fraction of sp³-hybridized carbons (Fsp3) is 0.812. The topological polar surface area (TPSA) is 37.4 Å². The molecule has 0 atom stereocenters. The second-order valence-electron chi connectivity index (χ2n) is 5.76. The summed E-state index contributed by atoms with van der Waals surface area (Å²) in [5, 5.41) is 4.65. The first-order chi connectivity index (χ1) is 10.1. The van der Waals surface area contributed by atoms with E-state index in [1.807, 2.05) is 0 Å². The third kappa shape index (κ3) is 6.32. The van der Waals surface area contributed by atoms with Crippen LogP contribution in [-0.2, 0) is 17.9 Å². The Morgan fingerprint density at radius 3 is 2.67 bits per heavy atom. The molecule has 0 spiro atoms. The second kappa shape index (κ2) is 10.1. The lowest BCUT2D eigenvalue weighted by atomic mass is 10.2. The zero-order valence-electron chi connectivity index (χ0n) is 14.2. The molecule has 0 aromatic carbocycles. The number of nitrogens with zero attached hydrogens (tertiary/aromatic N) is 2. The lowest BCUT2D eigenvalue weighted by Gasteiger charge is -2.19. The molecule has 21 heavy (non-hydrogen) atoms. The van der Waals surface area contributed by atoms with Gasteiger partial charge in [-0.25, -0.2) is 4.98 Å². The molecular weight excluding hydrogens is 282 g/mol. The number of unbranched alkanes of at least 4 members (excludes halogenated alkanes) is 1. The summed E-state index contributed by atoms with van der Waals surface area (Å²) in [6.07, 6.45) is 2.43. The van der Waals surface area contributed by atoms with Gasteiger partial charge >= 0.3 is 0 Å². The Balaban J connectivity index is 2.76. The fourth-order valence-electron chi connectivity index (χ4n) is 2.10. The molecule has 4 nitrogen and oxygen atoms in total. The average molecular weight is 314 g/mol. The van der Waals surface area contributed by atoms with E-state index < -0.39 is 0 Å². The number of anilines is 1. The maximum Gasteiger partial charge on any atom is 0.185 e. The number of aromatic nitrogens is 1. The molecule has 0 saturated heterocycles. The Labute approximate surface area is 133 Å². The molecule has 0 aliphatic rings. The van der Waals surface area contributed by atoms with Gasteiger partial charge in [0.2, 0.25) is 0 Å². The van der Waals surface area contributed by atoms with Crippen LogP contribution in [0.15, 0.2) is 0 Å². The summed E-state index contributed by atoms with van der Waals surface area (Å²) >= 11 is 1.81. The van der Waals surface area contributed by atoms with Crippen molar-refractivity contribution >= 4 is 16.5 Å². The molecule has 1 rings (SSSR count). The molecule has 0 fully saturated rings. The van der Waals surface area contributed by atoms with E-state index in [4.69, 9.17) is 9.72 Å². The minimum absolute atomic E-state index is 0.598. The van der Waals surface area contributed by atoms with Crippen molar-refractivity contribution in [2.45, 2.75) is 53.7 Å². The highest BCUT2D eigenvalue weighted by Gasteiger charge is 2.15. The third-order valence-electron chi connectivity index (χ3n) is 3.32. The SMILES string of the molecule is CCCCN(CC)c1nc(COC)c(CNCC(C)C)s1. The van der Waals surface area contributed by atoms with Crippen LogP contribution in [0, 0.1) is 5.92 Å². The number of methoxy groups -OCH3 is 1. The summed E-state index contributed by atoms with van der Waals surface area (Å²) in [6.45, 7) is 13.5. The van der Waals surface area contributed by atoms with Gasteiger partial charge in [-0.05, 0) is 25.8 Å². The first-order valence-corrected chi connectivity index (χ1v) is 8.87. The van der Waals surface area contributed by atoms with E-state index in [2.05, 4.69) is 37.9 Å². The van der Waals surface area contributed by atoms with E-state index in [1.165, 1.54) is 17.7 Å². The van der Waals surface area contributed by atoms with Gasteiger partial charge in [0.15, 0.2) is 5.13 Å². The Morgan fingerprint density at radius 1 is 1.33 bits per heavy atom. The van der Waals surface area contributed by atoms with E-state index in [0.29, 0.717) is 12.5 Å². The van der Waals surface area contributed by atoms with Crippen molar-refractivity contribution in [2.24, 2.45) is 5.92 Å². The van der Waals surface area contributed by atoms with Crippen LogP contribution in [0.25, 0.3) is 0 Å². The van der Waals surface area contributed by atoms with Crippen molar-refractivity contribution in [3.8, 4) is 0 Å². The van der Waals surface area contributed by atoms with Crippen LogP contribution in [0.5, 0.6) is 0 Å². The largest absolute Gasteiger partial charge is 0.378 e. The molecule has 122 valence electrons. The number of thiazole rings is 1. The molecule has 1 N–H and O–H groups in total. The van der Waals surface area contributed by atoms with Crippen molar-refractivity contribution in [1.29, 1.82) is 0 Å². The normalized spacial score (nSPS) is 11.3. The molecule has 1 aromatic heterocycles. The molecule has 0 bridgehead atoms. The lowest BCUT2D eigenvalue weighted by Crippen LogP contribution is -2.23. The molecule has 0 saturated carbocycles. The number of rotatable bonds is 11. The van der Waals surface area contributed by atoms with Gasteiger partial charge in [-0.15, -0.1) is 11.3 Å². The molecule has 5 heteroatoms. The summed E-state index contributed by atoms with van der Waals surface area (Å²) in [6, 6.07) is 0. The van der Waals surface area contributed by atoms with Crippen LogP contribution < -0.4 is 10.2 Å². The van der Waals surface area contributed by atoms with Crippen molar-refractivity contribution in [3.05, 3.63) is 10.6 Å². The minimum atomic E-state index is 0.598. The van der Waals surface area contributed by atoms with E-state index in [9.17, 15) is 0 Å². The number of hydrogen-bond acceptors (Lipinski definition) is 5. The Kier molecular flexibility index (Phi) is 8.88. The predicted molar refractivity (Wildman–Crippen MR) is 92.2 cm³/mol. The minimum Gasteiger partial charge on any atom is -0.378 e. The number of nitrogens with one attached hydrogen (secondary N) is 1. The van der Waals surface area contributed by atoms with Crippen molar-refractivity contribution in [3.63, 3.8) is 0 Å². The Hall–Kier alpha value is -0.650. The van der Waals surface area contributed by atoms with E-state index >= 15 is 0 Å². The highest BCUT2D eigenvalue weighted by Crippen LogP contribution is 2.27. The van der Waals surface area contributed by atoms with Crippen molar-refractivity contribution in [1.82, 2.24) is 10.3 Å². The summed E-state index contributed by atoms with van der Waals surface area (Å²) in [7, 11) is 1.74. The average Bonchev–Trinajstić information content (AvgIpc) is 2.83. The van der Waals surface area contributed by atoms with Gasteiger partial charge in [-0.2, -0.15) is 0 Å². The Morgan fingerprint density at radius 2 is 2.10 bits per heavy atom. The smallest absolute Gasteiger partial charge is 0.185 e. The monoisotopic (exact) mass is 313 g/mol.